The number of hydrogen-bond donors (Lipinski definition) is 1. The summed E-state index contributed by atoms with van der Waals surface area (Å²) >= 11 is 0. The minimum Gasteiger partial charge on any atom is -0.492 e. The molecule has 0 spiro atoms. The van der Waals surface area contributed by atoms with Gasteiger partial charge in [-0.15, -0.1) is 0 Å². The molecule has 1 unspecified atom stereocenters. The lowest BCUT2D eigenvalue weighted by molar-refractivity contribution is 0.358. The molecule has 98 valence electrons. The molecule has 0 aliphatic carbocycles. The summed E-state index contributed by atoms with van der Waals surface area (Å²) in [5.41, 5.74) is 9.31. The van der Waals surface area contributed by atoms with Crippen LogP contribution < -0.4 is 10.5 Å². The molecule has 0 amide bonds. The first-order valence-electron chi connectivity index (χ1n) is 6.47. The predicted molar refractivity (Wildman–Crippen MR) is 73.6 cm³/mol. The van der Waals surface area contributed by atoms with Crippen LogP contribution in [0.3, 0.4) is 0 Å². The van der Waals surface area contributed by atoms with E-state index in [1.54, 1.807) is 6.07 Å². The van der Waals surface area contributed by atoms with Crippen LogP contribution in [0.2, 0.25) is 0 Å². The minimum absolute atomic E-state index is 0.114. The molecule has 0 saturated carbocycles. The van der Waals surface area contributed by atoms with E-state index in [0.29, 0.717) is 12.2 Å². The van der Waals surface area contributed by atoms with E-state index in [1.807, 2.05) is 31.2 Å². The lowest BCUT2D eigenvalue weighted by Gasteiger charge is -2.12. The number of ether oxygens (including phenoxy) is 1. The van der Waals surface area contributed by atoms with Crippen molar-refractivity contribution in [3.63, 3.8) is 0 Å². The molecule has 2 aromatic carbocycles. The van der Waals surface area contributed by atoms with Crippen LogP contribution >= 0.6 is 0 Å². The molecular weight excluding hydrogens is 241 g/mol. The van der Waals surface area contributed by atoms with E-state index in [2.05, 4.69) is 0 Å². The second-order valence-electron chi connectivity index (χ2n) is 4.92. The van der Waals surface area contributed by atoms with Gasteiger partial charge < -0.3 is 10.5 Å². The SMILES string of the molecule is CC(N)c1ccc(F)c(-c2cccc3c2OCC3)c1. The van der Waals surface area contributed by atoms with Crippen molar-refractivity contribution in [2.24, 2.45) is 5.73 Å². The Balaban J connectivity index is 2.17. The molecule has 0 bridgehead atoms. The van der Waals surface area contributed by atoms with Gasteiger partial charge in [0, 0.05) is 23.6 Å². The van der Waals surface area contributed by atoms with E-state index >= 15 is 0 Å². The lowest BCUT2D eigenvalue weighted by atomic mass is 9.97. The molecule has 2 aromatic rings. The maximum atomic E-state index is 14.1. The molecule has 1 aliphatic heterocycles. The van der Waals surface area contributed by atoms with Crippen LogP contribution in [0.15, 0.2) is 36.4 Å². The molecular formula is C16H16FNO. The first-order valence-corrected chi connectivity index (χ1v) is 6.47. The van der Waals surface area contributed by atoms with Crippen molar-refractivity contribution >= 4 is 0 Å². The molecule has 3 heteroatoms. The summed E-state index contributed by atoms with van der Waals surface area (Å²) in [6.45, 7) is 2.56. The van der Waals surface area contributed by atoms with E-state index in [4.69, 9.17) is 10.5 Å². The molecule has 19 heavy (non-hydrogen) atoms. The van der Waals surface area contributed by atoms with Gasteiger partial charge in [0.05, 0.1) is 6.61 Å². The van der Waals surface area contributed by atoms with Gasteiger partial charge in [0.15, 0.2) is 0 Å². The summed E-state index contributed by atoms with van der Waals surface area (Å²) < 4.78 is 19.7. The lowest BCUT2D eigenvalue weighted by Crippen LogP contribution is -2.05. The third-order valence-electron chi connectivity index (χ3n) is 3.52. The van der Waals surface area contributed by atoms with Gasteiger partial charge in [-0.25, -0.2) is 4.39 Å². The number of fused-ring (bicyclic) bond motifs is 1. The first-order chi connectivity index (χ1) is 9.16. The zero-order valence-corrected chi connectivity index (χ0v) is 10.8. The summed E-state index contributed by atoms with van der Waals surface area (Å²) in [6.07, 6.45) is 0.887. The molecule has 3 rings (SSSR count). The Morgan fingerprint density at radius 1 is 1.21 bits per heavy atom. The van der Waals surface area contributed by atoms with E-state index in [1.165, 1.54) is 6.07 Å². The molecule has 0 radical (unpaired) electrons. The summed E-state index contributed by atoms with van der Waals surface area (Å²) in [4.78, 5) is 0. The largest absolute Gasteiger partial charge is 0.492 e. The fraction of sp³-hybridized carbons (Fsp3) is 0.250. The number of para-hydroxylation sites is 1. The molecule has 0 saturated heterocycles. The fourth-order valence-corrected chi connectivity index (χ4v) is 2.46. The monoisotopic (exact) mass is 257 g/mol. The standard InChI is InChI=1S/C16H16FNO/c1-10(18)12-5-6-15(17)14(9-12)13-4-2-3-11-7-8-19-16(11)13/h2-6,9-10H,7-8,18H2,1H3. The van der Waals surface area contributed by atoms with E-state index in [0.717, 1.165) is 28.9 Å². The highest BCUT2D eigenvalue weighted by atomic mass is 19.1. The third-order valence-corrected chi connectivity index (χ3v) is 3.52. The van der Waals surface area contributed by atoms with E-state index < -0.39 is 0 Å². The van der Waals surface area contributed by atoms with Gasteiger partial charge in [-0.1, -0.05) is 24.3 Å². The smallest absolute Gasteiger partial charge is 0.131 e. The van der Waals surface area contributed by atoms with Gasteiger partial charge in [-0.2, -0.15) is 0 Å². The van der Waals surface area contributed by atoms with Gasteiger partial charge in [0.25, 0.3) is 0 Å². The average molecular weight is 257 g/mol. The Morgan fingerprint density at radius 3 is 2.84 bits per heavy atom. The predicted octanol–water partition coefficient (Wildman–Crippen LogP) is 3.45. The summed E-state index contributed by atoms with van der Waals surface area (Å²) in [6, 6.07) is 10.8. The van der Waals surface area contributed by atoms with Crippen molar-refractivity contribution < 1.29 is 9.13 Å². The summed E-state index contributed by atoms with van der Waals surface area (Å²) in [5.74, 6) is 0.566. The number of hydrogen-bond acceptors (Lipinski definition) is 2. The average Bonchev–Trinajstić information content (AvgIpc) is 2.87. The van der Waals surface area contributed by atoms with Gasteiger partial charge in [0.1, 0.15) is 11.6 Å². The van der Waals surface area contributed by atoms with E-state index in [-0.39, 0.29) is 11.9 Å². The molecule has 2 N–H and O–H groups in total. The topological polar surface area (TPSA) is 35.2 Å². The molecule has 0 aromatic heterocycles. The molecule has 0 fully saturated rings. The van der Waals surface area contributed by atoms with Gasteiger partial charge in [0.2, 0.25) is 0 Å². The Bertz CT molecular complexity index is 622. The molecule has 1 atom stereocenters. The zero-order valence-electron chi connectivity index (χ0n) is 10.8. The van der Waals surface area contributed by atoms with Crippen LogP contribution in [0.1, 0.15) is 24.1 Å². The fourth-order valence-electron chi connectivity index (χ4n) is 2.46. The number of nitrogens with two attached hydrogens (primary N) is 1. The van der Waals surface area contributed by atoms with Crippen molar-refractivity contribution in [3.05, 3.63) is 53.3 Å². The van der Waals surface area contributed by atoms with Crippen LogP contribution in [-0.2, 0) is 6.42 Å². The quantitative estimate of drug-likeness (QED) is 0.894. The highest BCUT2D eigenvalue weighted by Gasteiger charge is 2.19. The molecule has 1 aliphatic rings. The van der Waals surface area contributed by atoms with Crippen molar-refractivity contribution in [2.75, 3.05) is 6.61 Å². The molecule has 1 heterocycles. The van der Waals surface area contributed by atoms with Crippen molar-refractivity contribution in [2.45, 2.75) is 19.4 Å². The summed E-state index contributed by atoms with van der Waals surface area (Å²) in [7, 11) is 0. The Hall–Kier alpha value is -1.87. The van der Waals surface area contributed by atoms with Gasteiger partial charge in [-0.3, -0.25) is 0 Å². The normalized spacial score (nSPS) is 14.9. The highest BCUT2D eigenvalue weighted by molar-refractivity contribution is 5.74. The third kappa shape index (κ3) is 2.10. The summed E-state index contributed by atoms with van der Waals surface area (Å²) in [5, 5.41) is 0. The Labute approximate surface area is 112 Å². The van der Waals surface area contributed by atoms with Crippen LogP contribution in [0.5, 0.6) is 5.75 Å². The van der Waals surface area contributed by atoms with Gasteiger partial charge in [-0.05, 0) is 30.2 Å². The number of benzene rings is 2. The molecule has 2 nitrogen and oxygen atoms in total. The van der Waals surface area contributed by atoms with Crippen molar-refractivity contribution in [3.8, 4) is 16.9 Å². The minimum atomic E-state index is -0.242. The Morgan fingerprint density at radius 2 is 2.05 bits per heavy atom. The van der Waals surface area contributed by atoms with E-state index in [9.17, 15) is 4.39 Å². The zero-order chi connectivity index (χ0) is 13.4. The van der Waals surface area contributed by atoms with Crippen LogP contribution in [0, 0.1) is 5.82 Å². The number of halogens is 1. The van der Waals surface area contributed by atoms with Crippen LogP contribution in [0.25, 0.3) is 11.1 Å². The van der Waals surface area contributed by atoms with Crippen LogP contribution in [0.4, 0.5) is 4.39 Å². The second-order valence-corrected chi connectivity index (χ2v) is 4.92. The van der Waals surface area contributed by atoms with Crippen LogP contribution in [-0.4, -0.2) is 6.61 Å². The first kappa shape index (κ1) is 12.2. The number of rotatable bonds is 2. The highest BCUT2D eigenvalue weighted by Crippen LogP contribution is 2.38. The van der Waals surface area contributed by atoms with Crippen molar-refractivity contribution in [1.82, 2.24) is 0 Å². The van der Waals surface area contributed by atoms with Crippen molar-refractivity contribution in [1.29, 1.82) is 0 Å². The second kappa shape index (κ2) is 4.67. The maximum Gasteiger partial charge on any atom is 0.131 e. The Kier molecular flexibility index (Phi) is 2.99. The van der Waals surface area contributed by atoms with Gasteiger partial charge >= 0.3 is 0 Å². The maximum absolute atomic E-state index is 14.1.